The van der Waals surface area contributed by atoms with E-state index >= 15 is 0 Å². The van der Waals surface area contributed by atoms with Gasteiger partial charge >= 0.3 is 6.01 Å². The van der Waals surface area contributed by atoms with E-state index in [1.807, 2.05) is 32.9 Å². The molecule has 0 bridgehead atoms. The lowest BCUT2D eigenvalue weighted by molar-refractivity contribution is 0.102. The van der Waals surface area contributed by atoms with Gasteiger partial charge in [-0.1, -0.05) is 17.2 Å². The zero-order valence-corrected chi connectivity index (χ0v) is 17.9. The van der Waals surface area contributed by atoms with Gasteiger partial charge in [-0.15, -0.1) is 5.10 Å². The van der Waals surface area contributed by atoms with Gasteiger partial charge in [-0.05, 0) is 45.0 Å². The minimum atomic E-state index is -0.458. The van der Waals surface area contributed by atoms with Crippen molar-refractivity contribution in [3.05, 3.63) is 42.0 Å². The van der Waals surface area contributed by atoms with E-state index < -0.39 is 5.91 Å². The predicted octanol–water partition coefficient (Wildman–Crippen LogP) is 4.19. The highest BCUT2D eigenvalue weighted by Gasteiger charge is 2.20. The molecule has 3 rings (SSSR count). The molecular formula is C22H25N3O6. The summed E-state index contributed by atoms with van der Waals surface area (Å²) in [4.78, 5) is 12.8. The Morgan fingerprint density at radius 1 is 0.935 bits per heavy atom. The maximum Gasteiger partial charge on any atom is 0.322 e. The van der Waals surface area contributed by atoms with Crippen LogP contribution in [-0.2, 0) is 0 Å². The van der Waals surface area contributed by atoms with E-state index in [0.29, 0.717) is 53.9 Å². The smallest absolute Gasteiger partial charge is 0.322 e. The molecule has 0 fully saturated rings. The van der Waals surface area contributed by atoms with Crippen LogP contribution in [0, 0.1) is 0 Å². The number of hydrogen-bond donors (Lipinski definition) is 1. The number of nitrogens with zero attached hydrogens (tertiary/aromatic N) is 2. The zero-order valence-electron chi connectivity index (χ0n) is 17.9. The van der Waals surface area contributed by atoms with Gasteiger partial charge < -0.3 is 23.4 Å². The summed E-state index contributed by atoms with van der Waals surface area (Å²) in [5, 5.41) is 10.5. The number of nitrogens with one attached hydrogen (secondary N) is 1. The molecule has 0 radical (unpaired) electrons. The van der Waals surface area contributed by atoms with Crippen LogP contribution in [0.15, 0.2) is 40.8 Å². The Hall–Kier alpha value is -3.75. The van der Waals surface area contributed by atoms with Crippen molar-refractivity contribution in [2.24, 2.45) is 0 Å². The van der Waals surface area contributed by atoms with Crippen molar-refractivity contribution in [2.45, 2.75) is 20.8 Å². The van der Waals surface area contributed by atoms with Crippen LogP contribution in [0.25, 0.3) is 11.5 Å². The monoisotopic (exact) mass is 427 g/mol. The van der Waals surface area contributed by atoms with E-state index in [2.05, 4.69) is 15.5 Å². The lowest BCUT2D eigenvalue weighted by Crippen LogP contribution is -2.13. The topological polar surface area (TPSA) is 105 Å². The first-order valence-corrected chi connectivity index (χ1v) is 9.95. The van der Waals surface area contributed by atoms with Crippen molar-refractivity contribution >= 4 is 11.9 Å². The predicted molar refractivity (Wildman–Crippen MR) is 114 cm³/mol. The van der Waals surface area contributed by atoms with Crippen LogP contribution in [0.1, 0.15) is 31.1 Å². The van der Waals surface area contributed by atoms with Gasteiger partial charge in [-0.2, -0.15) is 0 Å². The van der Waals surface area contributed by atoms with Gasteiger partial charge in [-0.25, -0.2) is 0 Å². The molecule has 0 aliphatic carbocycles. The highest BCUT2D eigenvalue weighted by molar-refractivity contribution is 6.04. The van der Waals surface area contributed by atoms with E-state index in [0.717, 1.165) is 0 Å². The largest absolute Gasteiger partial charge is 0.496 e. The number of amides is 1. The molecule has 0 aliphatic rings. The first-order chi connectivity index (χ1) is 15.1. The lowest BCUT2D eigenvalue weighted by atomic mass is 10.1. The molecule has 2 aromatic carbocycles. The third-order valence-electron chi connectivity index (χ3n) is 4.15. The van der Waals surface area contributed by atoms with Crippen LogP contribution in [0.4, 0.5) is 6.01 Å². The van der Waals surface area contributed by atoms with Crippen LogP contribution in [-0.4, -0.2) is 43.0 Å². The van der Waals surface area contributed by atoms with Crippen LogP contribution < -0.4 is 24.3 Å². The van der Waals surface area contributed by atoms with Gasteiger partial charge in [0.05, 0.1) is 32.5 Å². The fourth-order valence-electron chi connectivity index (χ4n) is 2.89. The van der Waals surface area contributed by atoms with Gasteiger partial charge in [0.15, 0.2) is 11.5 Å². The Bertz CT molecular complexity index is 1010. The number of methoxy groups -OCH3 is 1. The SMILES string of the molecule is CCOc1cc(C(=O)Nc2nnc(-c3ccccc3OC)o2)cc(OCC)c1OCC. The number of anilines is 1. The maximum absolute atomic E-state index is 12.8. The summed E-state index contributed by atoms with van der Waals surface area (Å²) in [6, 6.07) is 10.4. The van der Waals surface area contributed by atoms with E-state index in [1.54, 1.807) is 31.4 Å². The molecular weight excluding hydrogens is 402 g/mol. The molecule has 31 heavy (non-hydrogen) atoms. The third-order valence-corrected chi connectivity index (χ3v) is 4.15. The normalized spacial score (nSPS) is 10.5. The van der Waals surface area contributed by atoms with Crippen molar-refractivity contribution in [3.8, 4) is 34.5 Å². The summed E-state index contributed by atoms with van der Waals surface area (Å²) in [5.41, 5.74) is 0.920. The van der Waals surface area contributed by atoms with Gasteiger partial charge in [0, 0.05) is 5.56 Å². The van der Waals surface area contributed by atoms with Crippen molar-refractivity contribution in [1.82, 2.24) is 10.2 Å². The van der Waals surface area contributed by atoms with Gasteiger partial charge in [-0.3, -0.25) is 10.1 Å². The lowest BCUT2D eigenvalue weighted by Gasteiger charge is -2.16. The first kappa shape index (κ1) is 21.9. The number of para-hydroxylation sites is 1. The first-order valence-electron chi connectivity index (χ1n) is 9.95. The molecule has 1 N–H and O–H groups in total. The molecule has 1 amide bonds. The number of hydrogen-bond acceptors (Lipinski definition) is 8. The minimum Gasteiger partial charge on any atom is -0.496 e. The second-order valence-electron chi connectivity index (χ2n) is 6.17. The molecule has 9 heteroatoms. The fraction of sp³-hybridized carbons (Fsp3) is 0.318. The Kier molecular flexibility index (Phi) is 7.31. The number of ether oxygens (including phenoxy) is 4. The van der Waals surface area contributed by atoms with E-state index in [4.69, 9.17) is 23.4 Å². The standard InChI is InChI=1S/C22H25N3O6/c1-5-28-17-12-14(13-18(29-6-2)19(17)30-7-3)20(26)23-22-25-24-21(31-22)15-10-8-9-11-16(15)27-4/h8-13H,5-7H2,1-4H3,(H,23,25,26). The number of rotatable bonds is 10. The summed E-state index contributed by atoms with van der Waals surface area (Å²) in [6.45, 7) is 6.80. The quantitative estimate of drug-likeness (QED) is 0.513. The van der Waals surface area contributed by atoms with Crippen molar-refractivity contribution in [3.63, 3.8) is 0 Å². The summed E-state index contributed by atoms with van der Waals surface area (Å²) < 4.78 is 27.9. The van der Waals surface area contributed by atoms with E-state index in [-0.39, 0.29) is 11.9 Å². The molecule has 0 saturated carbocycles. The second kappa shape index (κ2) is 10.3. The Balaban J connectivity index is 1.87. The van der Waals surface area contributed by atoms with E-state index in [9.17, 15) is 4.79 Å². The molecule has 0 atom stereocenters. The Labute approximate surface area is 180 Å². The molecule has 1 heterocycles. The van der Waals surface area contributed by atoms with Gasteiger partial charge in [0.1, 0.15) is 5.75 Å². The molecule has 3 aromatic rings. The number of benzene rings is 2. The molecule has 1 aromatic heterocycles. The van der Waals surface area contributed by atoms with Crippen molar-refractivity contribution in [2.75, 3.05) is 32.2 Å². The average Bonchev–Trinajstić information content (AvgIpc) is 3.24. The molecule has 0 saturated heterocycles. The Morgan fingerprint density at radius 3 is 2.19 bits per heavy atom. The zero-order chi connectivity index (χ0) is 22.2. The third kappa shape index (κ3) is 5.06. The number of carbonyl (C=O) groups excluding carboxylic acids is 1. The highest BCUT2D eigenvalue weighted by Crippen LogP contribution is 2.39. The number of aromatic nitrogens is 2. The van der Waals surface area contributed by atoms with Crippen LogP contribution in [0.3, 0.4) is 0 Å². The van der Waals surface area contributed by atoms with Crippen LogP contribution in [0.2, 0.25) is 0 Å². The van der Waals surface area contributed by atoms with E-state index in [1.165, 1.54) is 0 Å². The summed E-state index contributed by atoms with van der Waals surface area (Å²) in [6.07, 6.45) is 0. The fourth-order valence-corrected chi connectivity index (χ4v) is 2.89. The molecule has 0 aliphatic heterocycles. The highest BCUT2D eigenvalue weighted by atomic mass is 16.5. The van der Waals surface area contributed by atoms with Gasteiger partial charge in [0.25, 0.3) is 11.8 Å². The summed E-state index contributed by atoms with van der Waals surface area (Å²) in [5.74, 6) is 1.64. The molecule has 164 valence electrons. The van der Waals surface area contributed by atoms with Gasteiger partial charge in [0.2, 0.25) is 5.75 Å². The molecule has 0 spiro atoms. The number of carbonyl (C=O) groups is 1. The Morgan fingerprint density at radius 2 is 1.58 bits per heavy atom. The van der Waals surface area contributed by atoms with Crippen LogP contribution in [0.5, 0.6) is 23.0 Å². The molecule has 9 nitrogen and oxygen atoms in total. The second-order valence-corrected chi connectivity index (χ2v) is 6.17. The van der Waals surface area contributed by atoms with Crippen molar-refractivity contribution in [1.29, 1.82) is 0 Å². The summed E-state index contributed by atoms with van der Waals surface area (Å²) >= 11 is 0. The summed E-state index contributed by atoms with van der Waals surface area (Å²) in [7, 11) is 1.55. The van der Waals surface area contributed by atoms with Crippen LogP contribution >= 0.6 is 0 Å². The minimum absolute atomic E-state index is 0.0456. The molecule has 0 unspecified atom stereocenters. The average molecular weight is 427 g/mol. The van der Waals surface area contributed by atoms with Crippen molar-refractivity contribution < 1.29 is 28.2 Å². The maximum atomic E-state index is 12.8.